The van der Waals surface area contributed by atoms with Crippen molar-refractivity contribution in [3.05, 3.63) is 0 Å². The predicted molar refractivity (Wildman–Crippen MR) is 159 cm³/mol. The summed E-state index contributed by atoms with van der Waals surface area (Å²) in [6.07, 6.45) is 8.00. The summed E-state index contributed by atoms with van der Waals surface area (Å²) in [4.78, 5) is 5.52. The molecule has 0 radical (unpaired) electrons. The van der Waals surface area contributed by atoms with Gasteiger partial charge in [-0.05, 0) is 76.8 Å². The maximum atomic E-state index is 2.76. The van der Waals surface area contributed by atoms with Gasteiger partial charge < -0.3 is 13.9 Å². The van der Waals surface area contributed by atoms with E-state index in [2.05, 4.69) is 107 Å². The molecule has 0 aromatic carbocycles. The molecule has 0 spiro atoms. The van der Waals surface area contributed by atoms with Crippen LogP contribution in [-0.4, -0.2) is 112 Å². The molecule has 0 amide bonds. The van der Waals surface area contributed by atoms with E-state index in [1.165, 1.54) is 90.9 Å². The highest BCUT2D eigenvalue weighted by Crippen LogP contribution is 2.22. The summed E-state index contributed by atoms with van der Waals surface area (Å²) >= 11 is 0. The number of hydrogen-bond acceptors (Lipinski definition) is 2. The fourth-order valence-corrected chi connectivity index (χ4v) is 4.35. The normalized spacial score (nSPS) is 14.4. The zero-order valence-corrected chi connectivity index (χ0v) is 27.2. The minimum absolute atomic E-state index is 0.320. The van der Waals surface area contributed by atoms with Gasteiger partial charge in [-0.15, -0.1) is 0 Å². The highest BCUT2D eigenvalue weighted by atomic mass is 15.4. The summed E-state index contributed by atoms with van der Waals surface area (Å²) in [7, 11) is 11.7. The second-order valence-electron chi connectivity index (χ2n) is 16.4. The lowest BCUT2D eigenvalue weighted by Crippen LogP contribution is -2.54. The molecule has 0 atom stereocenters. The summed E-state index contributed by atoms with van der Waals surface area (Å²) in [6, 6.07) is 0. The van der Waals surface area contributed by atoms with Crippen molar-refractivity contribution in [2.24, 2.45) is 10.8 Å². The molecule has 0 aliphatic rings. The van der Waals surface area contributed by atoms with E-state index in [0.29, 0.717) is 16.4 Å². The highest BCUT2D eigenvalue weighted by Gasteiger charge is 2.30. The fourth-order valence-electron chi connectivity index (χ4n) is 4.35. The third-order valence-electron chi connectivity index (χ3n) is 7.68. The summed E-state index contributed by atoms with van der Waals surface area (Å²) in [6.45, 7) is 31.2. The van der Waals surface area contributed by atoms with Crippen LogP contribution in [0.15, 0.2) is 0 Å². The molecule has 0 heterocycles. The third kappa shape index (κ3) is 19.6. The Morgan fingerprint density at radius 2 is 1.00 bits per heavy atom. The largest absolute Gasteiger partial charge is 0.330 e. The Hall–Kier alpha value is -0.160. The van der Waals surface area contributed by atoms with Gasteiger partial charge in [0.1, 0.15) is 0 Å². The molecule has 212 valence electrons. The Kier molecular flexibility index (Phi) is 14.6. The van der Waals surface area contributed by atoms with Gasteiger partial charge in [0, 0.05) is 26.2 Å². The van der Waals surface area contributed by atoms with Crippen LogP contribution in [0.3, 0.4) is 0 Å². The molecule has 0 N–H and O–H groups in total. The minimum atomic E-state index is 0.320. The zero-order valence-electron chi connectivity index (χ0n) is 27.2. The van der Waals surface area contributed by atoms with Crippen LogP contribution in [0.5, 0.6) is 0 Å². The van der Waals surface area contributed by atoms with E-state index < -0.39 is 0 Å². The van der Waals surface area contributed by atoms with Gasteiger partial charge in [0.05, 0.1) is 53.9 Å². The van der Waals surface area contributed by atoms with Crippen molar-refractivity contribution in [2.45, 2.75) is 106 Å². The Bertz CT molecular complexity index is 540. The molecule has 0 unspecified atom stereocenters. The molecule has 4 heteroatoms. The van der Waals surface area contributed by atoms with E-state index in [1.807, 2.05) is 0 Å². The average molecular weight is 499 g/mol. The van der Waals surface area contributed by atoms with E-state index >= 15 is 0 Å². The zero-order chi connectivity index (χ0) is 27.6. The van der Waals surface area contributed by atoms with Crippen LogP contribution in [0, 0.1) is 10.8 Å². The van der Waals surface area contributed by atoms with Crippen molar-refractivity contribution in [1.29, 1.82) is 0 Å². The molecule has 0 bridgehead atoms. The van der Waals surface area contributed by atoms with E-state index in [4.69, 9.17) is 0 Å². The Balaban J connectivity index is 4.82. The average Bonchev–Trinajstić information content (AvgIpc) is 2.62. The molecule has 0 fully saturated rings. The van der Waals surface area contributed by atoms with Crippen molar-refractivity contribution in [3.63, 3.8) is 0 Å². The van der Waals surface area contributed by atoms with Crippen molar-refractivity contribution >= 4 is 0 Å². The molecule has 0 aromatic heterocycles. The van der Waals surface area contributed by atoms with Crippen molar-refractivity contribution in [3.8, 4) is 0 Å². The molecule has 0 saturated carbocycles. The van der Waals surface area contributed by atoms with E-state index in [-0.39, 0.29) is 0 Å². The standard InChI is InChI=1S/C31H70N4/c1-29(2,3)20-16-18-21-32(25-27-34(10,11)12)23-24-33(28-30(4,5)6)22-17-15-19-26-35(13,14)31(7,8)9/h15-28H2,1-14H3/q+2. The molecule has 0 aliphatic heterocycles. The number of nitrogens with zero attached hydrogens (tertiary/aromatic N) is 4. The first-order chi connectivity index (χ1) is 15.6. The monoisotopic (exact) mass is 499 g/mol. The van der Waals surface area contributed by atoms with Crippen LogP contribution in [0.4, 0.5) is 0 Å². The van der Waals surface area contributed by atoms with E-state index in [0.717, 1.165) is 8.97 Å². The lowest BCUT2D eigenvalue weighted by atomic mass is 9.90. The number of hydrogen-bond donors (Lipinski definition) is 0. The van der Waals surface area contributed by atoms with Gasteiger partial charge in [0.2, 0.25) is 0 Å². The summed E-state index contributed by atoms with van der Waals surface area (Å²) in [5, 5.41) is 0. The Labute approximate surface area is 223 Å². The first-order valence-electron chi connectivity index (χ1n) is 14.7. The molecule has 0 saturated heterocycles. The molecule has 4 nitrogen and oxygen atoms in total. The first kappa shape index (κ1) is 34.8. The molecular weight excluding hydrogens is 428 g/mol. The van der Waals surface area contributed by atoms with Crippen LogP contribution in [0.2, 0.25) is 0 Å². The van der Waals surface area contributed by atoms with Crippen LogP contribution in [-0.2, 0) is 0 Å². The van der Waals surface area contributed by atoms with Crippen molar-refractivity contribution < 1.29 is 8.97 Å². The first-order valence-corrected chi connectivity index (χ1v) is 14.7. The van der Waals surface area contributed by atoms with Crippen molar-refractivity contribution in [1.82, 2.24) is 9.80 Å². The summed E-state index contributed by atoms with van der Waals surface area (Å²) in [5.74, 6) is 0. The Morgan fingerprint density at radius 3 is 1.49 bits per heavy atom. The quantitative estimate of drug-likeness (QED) is 0.165. The van der Waals surface area contributed by atoms with Gasteiger partial charge in [-0.2, -0.15) is 0 Å². The number of unbranched alkanes of at least 4 members (excludes halogenated alkanes) is 3. The van der Waals surface area contributed by atoms with Gasteiger partial charge in [0.25, 0.3) is 0 Å². The lowest BCUT2D eigenvalue weighted by molar-refractivity contribution is -0.935. The maximum Gasteiger partial charge on any atom is 0.0909 e. The predicted octanol–water partition coefficient (Wildman–Crippen LogP) is 6.60. The molecule has 35 heavy (non-hydrogen) atoms. The SMILES string of the molecule is CC(C)(C)CCCCN(CCN(CCCCC[N+](C)(C)C(C)(C)C)CC(C)(C)C)CC[N+](C)(C)C. The van der Waals surface area contributed by atoms with E-state index in [1.54, 1.807) is 0 Å². The van der Waals surface area contributed by atoms with Gasteiger partial charge in [-0.25, -0.2) is 0 Å². The van der Waals surface area contributed by atoms with Gasteiger partial charge >= 0.3 is 0 Å². The maximum absolute atomic E-state index is 2.76. The third-order valence-corrected chi connectivity index (χ3v) is 7.68. The Morgan fingerprint density at radius 1 is 0.486 bits per heavy atom. The van der Waals surface area contributed by atoms with Gasteiger partial charge in [-0.1, -0.05) is 48.0 Å². The van der Waals surface area contributed by atoms with E-state index in [9.17, 15) is 0 Å². The molecule has 0 rings (SSSR count). The fraction of sp³-hybridized carbons (Fsp3) is 1.00. The van der Waals surface area contributed by atoms with Crippen LogP contribution in [0.25, 0.3) is 0 Å². The number of quaternary nitrogens is 2. The second-order valence-corrected chi connectivity index (χ2v) is 16.4. The summed E-state index contributed by atoms with van der Waals surface area (Å²) in [5.41, 5.74) is 1.13. The van der Waals surface area contributed by atoms with Crippen LogP contribution >= 0.6 is 0 Å². The second kappa shape index (κ2) is 14.7. The topological polar surface area (TPSA) is 6.48 Å². The number of likely N-dealkylation sites (N-methyl/N-ethyl adjacent to an activating group) is 1. The molecule has 0 aromatic rings. The lowest BCUT2D eigenvalue weighted by Gasteiger charge is -2.42. The van der Waals surface area contributed by atoms with Crippen LogP contribution in [0.1, 0.15) is 101 Å². The van der Waals surface area contributed by atoms with Crippen molar-refractivity contribution in [2.75, 3.05) is 87.6 Å². The molecule has 0 aliphatic carbocycles. The van der Waals surface area contributed by atoms with Crippen LogP contribution < -0.4 is 0 Å². The van der Waals surface area contributed by atoms with Gasteiger partial charge in [-0.3, -0.25) is 4.90 Å². The number of rotatable bonds is 17. The van der Waals surface area contributed by atoms with Gasteiger partial charge in [0.15, 0.2) is 0 Å². The minimum Gasteiger partial charge on any atom is -0.330 e. The molecular formula is C31H70N4+2. The smallest absolute Gasteiger partial charge is 0.0909 e. The summed E-state index contributed by atoms with van der Waals surface area (Å²) < 4.78 is 2.16. The highest BCUT2D eigenvalue weighted by molar-refractivity contribution is 4.72.